The molecule has 0 atom stereocenters. The lowest BCUT2D eigenvalue weighted by Crippen LogP contribution is -2.28. The van der Waals surface area contributed by atoms with Crippen LogP contribution in [-0.4, -0.2) is 40.6 Å². The summed E-state index contributed by atoms with van der Waals surface area (Å²) in [6, 6.07) is 3.91. The van der Waals surface area contributed by atoms with Crippen molar-refractivity contribution in [2.45, 2.75) is 32.4 Å². The number of hydrogen-bond acceptors (Lipinski definition) is 5. The average Bonchev–Trinajstić information content (AvgIpc) is 2.50. The van der Waals surface area contributed by atoms with E-state index in [2.05, 4.69) is 19.2 Å². The molecule has 0 unspecified atom stereocenters. The van der Waals surface area contributed by atoms with Crippen LogP contribution >= 0.6 is 0 Å². The fraction of sp³-hybridized carbons (Fsp3) is 0.625. The number of methoxy groups -OCH3 is 4. The molecule has 1 rings (SSSR count). The Morgan fingerprint density at radius 3 is 1.95 bits per heavy atom. The molecule has 0 saturated carbocycles. The van der Waals surface area contributed by atoms with Crippen LogP contribution < -0.4 is 19.5 Å². The summed E-state index contributed by atoms with van der Waals surface area (Å²) in [5.41, 5.74) is 0.974. The van der Waals surface area contributed by atoms with Crippen molar-refractivity contribution >= 4 is 0 Å². The molecule has 0 aliphatic carbocycles. The van der Waals surface area contributed by atoms with Gasteiger partial charge < -0.3 is 24.3 Å². The molecule has 5 nitrogen and oxygen atoms in total. The Labute approximate surface area is 127 Å². The van der Waals surface area contributed by atoms with E-state index in [1.54, 1.807) is 28.4 Å². The number of hydrogen-bond donors (Lipinski definition) is 1. The Bertz CT molecular complexity index is 421. The van der Waals surface area contributed by atoms with E-state index in [9.17, 15) is 0 Å². The molecule has 0 radical (unpaired) electrons. The van der Waals surface area contributed by atoms with Crippen molar-refractivity contribution in [2.24, 2.45) is 0 Å². The van der Waals surface area contributed by atoms with E-state index in [1.807, 2.05) is 12.1 Å². The van der Waals surface area contributed by atoms with Crippen LogP contribution in [0.2, 0.25) is 0 Å². The van der Waals surface area contributed by atoms with Crippen LogP contribution in [0.1, 0.15) is 25.8 Å². The SMILES string of the molecule is COc1cc(CNCCC(C)(C)OC)cc(OC)c1OC. The van der Waals surface area contributed by atoms with Gasteiger partial charge in [-0.2, -0.15) is 0 Å². The largest absolute Gasteiger partial charge is 0.493 e. The summed E-state index contributed by atoms with van der Waals surface area (Å²) in [4.78, 5) is 0. The minimum absolute atomic E-state index is 0.109. The highest BCUT2D eigenvalue weighted by Crippen LogP contribution is 2.38. The van der Waals surface area contributed by atoms with Crippen LogP contribution in [0.4, 0.5) is 0 Å². The third kappa shape index (κ3) is 5.10. The monoisotopic (exact) mass is 297 g/mol. The maximum Gasteiger partial charge on any atom is 0.203 e. The summed E-state index contributed by atoms with van der Waals surface area (Å²) in [6.45, 7) is 5.76. The molecule has 0 bridgehead atoms. The zero-order valence-corrected chi connectivity index (χ0v) is 13.9. The Balaban J connectivity index is 2.67. The molecule has 5 heteroatoms. The normalized spacial score (nSPS) is 11.3. The zero-order valence-electron chi connectivity index (χ0n) is 13.9. The lowest BCUT2D eigenvalue weighted by Gasteiger charge is -2.23. The predicted molar refractivity (Wildman–Crippen MR) is 83.5 cm³/mol. The summed E-state index contributed by atoms with van der Waals surface area (Å²) in [5, 5.41) is 3.40. The van der Waals surface area contributed by atoms with Gasteiger partial charge in [0.25, 0.3) is 0 Å². The Morgan fingerprint density at radius 2 is 1.52 bits per heavy atom. The van der Waals surface area contributed by atoms with Crippen LogP contribution in [0.25, 0.3) is 0 Å². The topological polar surface area (TPSA) is 49.0 Å². The second-order valence-electron chi connectivity index (χ2n) is 5.42. The van der Waals surface area contributed by atoms with Crippen molar-refractivity contribution in [3.05, 3.63) is 17.7 Å². The molecular weight excluding hydrogens is 270 g/mol. The quantitative estimate of drug-likeness (QED) is 0.710. The molecule has 0 aromatic heterocycles. The van der Waals surface area contributed by atoms with E-state index >= 15 is 0 Å². The van der Waals surface area contributed by atoms with Gasteiger partial charge in [0.05, 0.1) is 26.9 Å². The van der Waals surface area contributed by atoms with Gasteiger partial charge in [0, 0.05) is 13.7 Å². The van der Waals surface area contributed by atoms with Crippen molar-refractivity contribution < 1.29 is 18.9 Å². The Kier molecular flexibility index (Phi) is 6.78. The maximum absolute atomic E-state index is 5.40. The first-order chi connectivity index (χ1) is 9.97. The van der Waals surface area contributed by atoms with E-state index < -0.39 is 0 Å². The van der Waals surface area contributed by atoms with Gasteiger partial charge in [-0.05, 0) is 44.5 Å². The summed E-state index contributed by atoms with van der Waals surface area (Å²) in [5.74, 6) is 1.96. The number of rotatable bonds is 9. The second kappa shape index (κ2) is 8.10. The van der Waals surface area contributed by atoms with Crippen molar-refractivity contribution in [1.82, 2.24) is 5.32 Å². The van der Waals surface area contributed by atoms with Crippen molar-refractivity contribution in [2.75, 3.05) is 35.0 Å². The summed E-state index contributed by atoms with van der Waals surface area (Å²) in [6.07, 6.45) is 0.938. The van der Waals surface area contributed by atoms with Crippen molar-refractivity contribution in [1.29, 1.82) is 0 Å². The number of benzene rings is 1. The molecule has 0 spiro atoms. The van der Waals surface area contributed by atoms with Crippen LogP contribution in [0, 0.1) is 0 Å². The Morgan fingerprint density at radius 1 is 0.952 bits per heavy atom. The average molecular weight is 297 g/mol. The zero-order chi connectivity index (χ0) is 15.9. The highest BCUT2D eigenvalue weighted by atomic mass is 16.5. The molecule has 0 saturated heterocycles. The second-order valence-corrected chi connectivity index (χ2v) is 5.42. The van der Waals surface area contributed by atoms with Crippen LogP contribution in [0.5, 0.6) is 17.2 Å². The molecule has 0 aliphatic heterocycles. The Hall–Kier alpha value is -1.46. The van der Waals surface area contributed by atoms with Crippen molar-refractivity contribution in [3.8, 4) is 17.2 Å². The van der Waals surface area contributed by atoms with E-state index in [0.717, 1.165) is 25.1 Å². The molecule has 0 aliphatic rings. The minimum Gasteiger partial charge on any atom is -0.493 e. The van der Waals surface area contributed by atoms with Gasteiger partial charge in [-0.3, -0.25) is 0 Å². The molecule has 1 aromatic carbocycles. The maximum atomic E-state index is 5.40. The van der Waals surface area contributed by atoms with Crippen LogP contribution in [0.3, 0.4) is 0 Å². The van der Waals surface area contributed by atoms with Gasteiger partial charge in [0.2, 0.25) is 5.75 Å². The first kappa shape index (κ1) is 17.6. The third-order valence-electron chi connectivity index (χ3n) is 3.51. The van der Waals surface area contributed by atoms with Gasteiger partial charge in [-0.1, -0.05) is 0 Å². The first-order valence-corrected chi connectivity index (χ1v) is 7.02. The van der Waals surface area contributed by atoms with E-state index in [-0.39, 0.29) is 5.60 Å². The van der Waals surface area contributed by atoms with Gasteiger partial charge >= 0.3 is 0 Å². The lowest BCUT2D eigenvalue weighted by molar-refractivity contribution is 0.0158. The van der Waals surface area contributed by atoms with Crippen LogP contribution in [0.15, 0.2) is 12.1 Å². The van der Waals surface area contributed by atoms with Gasteiger partial charge in [0.1, 0.15) is 0 Å². The molecule has 0 amide bonds. The highest BCUT2D eigenvalue weighted by molar-refractivity contribution is 5.53. The fourth-order valence-electron chi connectivity index (χ4n) is 1.96. The highest BCUT2D eigenvalue weighted by Gasteiger charge is 2.16. The molecular formula is C16H27NO4. The molecule has 120 valence electrons. The molecule has 21 heavy (non-hydrogen) atoms. The van der Waals surface area contributed by atoms with Crippen molar-refractivity contribution in [3.63, 3.8) is 0 Å². The van der Waals surface area contributed by atoms with E-state index in [0.29, 0.717) is 17.2 Å². The molecule has 0 heterocycles. The van der Waals surface area contributed by atoms with E-state index in [1.165, 1.54) is 0 Å². The van der Waals surface area contributed by atoms with Gasteiger partial charge in [-0.15, -0.1) is 0 Å². The van der Waals surface area contributed by atoms with E-state index in [4.69, 9.17) is 18.9 Å². The lowest BCUT2D eigenvalue weighted by atomic mass is 10.1. The molecule has 1 N–H and O–H groups in total. The third-order valence-corrected chi connectivity index (χ3v) is 3.51. The smallest absolute Gasteiger partial charge is 0.203 e. The molecule has 0 fully saturated rings. The van der Waals surface area contributed by atoms with Crippen LogP contribution in [-0.2, 0) is 11.3 Å². The van der Waals surface area contributed by atoms with Gasteiger partial charge in [-0.25, -0.2) is 0 Å². The fourth-order valence-corrected chi connectivity index (χ4v) is 1.96. The molecule has 1 aromatic rings. The number of ether oxygens (including phenoxy) is 4. The summed E-state index contributed by atoms with van der Waals surface area (Å²) in [7, 11) is 6.58. The predicted octanol–water partition coefficient (Wildman–Crippen LogP) is 2.62. The summed E-state index contributed by atoms with van der Waals surface area (Å²) >= 11 is 0. The number of nitrogens with one attached hydrogen (secondary N) is 1. The van der Waals surface area contributed by atoms with Gasteiger partial charge in [0.15, 0.2) is 11.5 Å². The first-order valence-electron chi connectivity index (χ1n) is 7.02. The summed E-state index contributed by atoms with van der Waals surface area (Å²) < 4.78 is 21.4. The standard InChI is InChI=1S/C16H27NO4/c1-16(2,21-6)7-8-17-11-12-9-13(18-3)15(20-5)14(10-12)19-4/h9-10,17H,7-8,11H2,1-6H3. The minimum atomic E-state index is -0.109.